The molecule has 0 saturated carbocycles. The molecule has 0 radical (unpaired) electrons. The van der Waals surface area contributed by atoms with E-state index in [0.29, 0.717) is 17.6 Å². The highest BCUT2D eigenvalue weighted by Gasteiger charge is 2.26. The zero-order chi connectivity index (χ0) is 15.8. The molecule has 1 N–H and O–H groups in total. The van der Waals surface area contributed by atoms with Gasteiger partial charge in [0.15, 0.2) is 0 Å². The van der Waals surface area contributed by atoms with E-state index in [9.17, 15) is 4.79 Å². The Kier molecular flexibility index (Phi) is 6.62. The maximum Gasteiger partial charge on any atom is 0.257 e. The fourth-order valence-electron chi connectivity index (χ4n) is 2.96. The van der Waals surface area contributed by atoms with E-state index < -0.39 is 0 Å². The Hall–Kier alpha value is -1.65. The molecular formula is C17H28N4O. The van der Waals surface area contributed by atoms with E-state index in [0.717, 1.165) is 38.8 Å². The van der Waals surface area contributed by atoms with Gasteiger partial charge < -0.3 is 10.2 Å². The number of piperidine rings is 1. The predicted molar refractivity (Wildman–Crippen MR) is 89.0 cm³/mol. The lowest BCUT2D eigenvalue weighted by Gasteiger charge is -2.35. The summed E-state index contributed by atoms with van der Waals surface area (Å²) in [5, 5.41) is 3.20. The maximum atomic E-state index is 12.6. The molecular weight excluding hydrogens is 276 g/mol. The molecule has 1 amide bonds. The number of nitrogens with zero attached hydrogens (tertiary/aromatic N) is 3. The molecule has 2 rings (SSSR count). The van der Waals surface area contributed by atoms with Gasteiger partial charge in [-0.15, -0.1) is 0 Å². The quantitative estimate of drug-likeness (QED) is 0.783. The van der Waals surface area contributed by atoms with Gasteiger partial charge in [-0.2, -0.15) is 0 Å². The summed E-state index contributed by atoms with van der Waals surface area (Å²) >= 11 is 0. The Balaban J connectivity index is 1.92. The third-order valence-corrected chi connectivity index (χ3v) is 4.32. The lowest BCUT2D eigenvalue weighted by Crippen LogP contribution is -2.43. The summed E-state index contributed by atoms with van der Waals surface area (Å²) in [7, 11) is 0. The standard InChI is InChI=1S/C17H28N4O/c1-3-5-7-10-18-17-19-12-14(13-20-17)16(22)21-11-8-6-9-15(21)4-2/h12-13,15H,3-11H2,1-2H3,(H,18,19,20). The van der Waals surface area contributed by atoms with E-state index >= 15 is 0 Å². The number of aromatic nitrogens is 2. The first-order valence-electron chi connectivity index (χ1n) is 8.63. The lowest BCUT2D eigenvalue weighted by atomic mass is 9.99. The molecule has 1 aromatic rings. The van der Waals surface area contributed by atoms with Crippen molar-refractivity contribution in [2.75, 3.05) is 18.4 Å². The molecule has 0 aromatic carbocycles. The molecule has 0 bridgehead atoms. The highest BCUT2D eigenvalue weighted by molar-refractivity contribution is 5.94. The normalized spacial score (nSPS) is 18.3. The van der Waals surface area contributed by atoms with Crippen LogP contribution in [0.2, 0.25) is 0 Å². The lowest BCUT2D eigenvalue weighted by molar-refractivity contribution is 0.0607. The second-order valence-electron chi connectivity index (χ2n) is 5.99. The molecule has 5 nitrogen and oxygen atoms in total. The maximum absolute atomic E-state index is 12.6. The van der Waals surface area contributed by atoms with E-state index in [1.54, 1.807) is 12.4 Å². The Bertz CT molecular complexity index is 460. The van der Waals surface area contributed by atoms with E-state index in [1.165, 1.54) is 19.3 Å². The molecule has 22 heavy (non-hydrogen) atoms. The van der Waals surface area contributed by atoms with Crippen molar-refractivity contribution in [3.05, 3.63) is 18.0 Å². The van der Waals surface area contributed by atoms with Crippen LogP contribution in [0.5, 0.6) is 0 Å². The molecule has 1 atom stereocenters. The number of anilines is 1. The zero-order valence-electron chi connectivity index (χ0n) is 13.8. The summed E-state index contributed by atoms with van der Waals surface area (Å²) in [5.74, 6) is 0.683. The van der Waals surface area contributed by atoms with Crippen molar-refractivity contribution in [1.82, 2.24) is 14.9 Å². The molecule has 122 valence electrons. The van der Waals surface area contributed by atoms with E-state index in [2.05, 4.69) is 29.1 Å². The summed E-state index contributed by atoms with van der Waals surface area (Å²) < 4.78 is 0. The van der Waals surface area contributed by atoms with Crippen LogP contribution in [-0.4, -0.2) is 39.9 Å². The number of carbonyl (C=O) groups is 1. The van der Waals surface area contributed by atoms with Crippen LogP contribution in [-0.2, 0) is 0 Å². The highest BCUT2D eigenvalue weighted by Crippen LogP contribution is 2.21. The van der Waals surface area contributed by atoms with Gasteiger partial charge in [0.25, 0.3) is 5.91 Å². The molecule has 1 unspecified atom stereocenters. The van der Waals surface area contributed by atoms with Crippen molar-refractivity contribution in [3.8, 4) is 0 Å². The molecule has 1 aliphatic rings. The molecule has 1 aromatic heterocycles. The number of hydrogen-bond acceptors (Lipinski definition) is 4. The number of rotatable bonds is 7. The Morgan fingerprint density at radius 2 is 2.05 bits per heavy atom. The van der Waals surface area contributed by atoms with Crippen molar-refractivity contribution in [2.24, 2.45) is 0 Å². The van der Waals surface area contributed by atoms with Crippen LogP contribution in [0.1, 0.15) is 69.2 Å². The van der Waals surface area contributed by atoms with Gasteiger partial charge >= 0.3 is 0 Å². The molecule has 1 aliphatic heterocycles. The molecule has 1 saturated heterocycles. The third kappa shape index (κ3) is 4.42. The molecule has 5 heteroatoms. The van der Waals surface area contributed by atoms with Crippen molar-refractivity contribution in [3.63, 3.8) is 0 Å². The minimum absolute atomic E-state index is 0.0732. The number of amides is 1. The summed E-state index contributed by atoms with van der Waals surface area (Å²) in [5.41, 5.74) is 0.597. The molecule has 1 fully saturated rings. The monoisotopic (exact) mass is 304 g/mol. The average Bonchev–Trinajstić information content (AvgIpc) is 2.58. The average molecular weight is 304 g/mol. The smallest absolute Gasteiger partial charge is 0.257 e. The number of unbranched alkanes of at least 4 members (excludes halogenated alkanes) is 2. The zero-order valence-corrected chi connectivity index (χ0v) is 13.8. The van der Waals surface area contributed by atoms with Gasteiger partial charge in [0, 0.05) is 31.5 Å². The molecule has 0 aliphatic carbocycles. The van der Waals surface area contributed by atoms with E-state index in [-0.39, 0.29) is 5.91 Å². The third-order valence-electron chi connectivity index (χ3n) is 4.32. The second-order valence-corrected chi connectivity index (χ2v) is 5.99. The fourth-order valence-corrected chi connectivity index (χ4v) is 2.96. The summed E-state index contributed by atoms with van der Waals surface area (Å²) in [6.07, 6.45) is 11.3. The first-order chi connectivity index (χ1) is 10.8. The number of nitrogens with one attached hydrogen (secondary N) is 1. The number of carbonyl (C=O) groups excluding carboxylic acids is 1. The van der Waals surface area contributed by atoms with Crippen LogP contribution in [0.4, 0.5) is 5.95 Å². The van der Waals surface area contributed by atoms with Crippen molar-refractivity contribution >= 4 is 11.9 Å². The van der Waals surface area contributed by atoms with Gasteiger partial charge in [0.2, 0.25) is 5.95 Å². The highest BCUT2D eigenvalue weighted by atomic mass is 16.2. The molecule has 2 heterocycles. The van der Waals surface area contributed by atoms with Gasteiger partial charge in [-0.05, 0) is 32.1 Å². The largest absolute Gasteiger partial charge is 0.354 e. The fraction of sp³-hybridized carbons (Fsp3) is 0.706. The Morgan fingerprint density at radius 3 is 2.73 bits per heavy atom. The van der Waals surface area contributed by atoms with Crippen LogP contribution in [0.3, 0.4) is 0 Å². The van der Waals surface area contributed by atoms with Gasteiger partial charge in [0.1, 0.15) is 0 Å². The summed E-state index contributed by atoms with van der Waals surface area (Å²) in [6.45, 7) is 6.07. The van der Waals surface area contributed by atoms with Gasteiger partial charge in [-0.1, -0.05) is 26.7 Å². The van der Waals surface area contributed by atoms with Crippen LogP contribution < -0.4 is 5.32 Å². The Labute approximate surface area is 133 Å². The van der Waals surface area contributed by atoms with Crippen molar-refractivity contribution < 1.29 is 4.79 Å². The Morgan fingerprint density at radius 1 is 1.27 bits per heavy atom. The summed E-state index contributed by atoms with van der Waals surface area (Å²) in [6, 6.07) is 0.369. The minimum atomic E-state index is 0.0732. The second kappa shape index (κ2) is 8.71. The summed E-state index contributed by atoms with van der Waals surface area (Å²) in [4.78, 5) is 23.1. The number of likely N-dealkylation sites (tertiary alicyclic amines) is 1. The first kappa shape index (κ1) is 16.7. The van der Waals surface area contributed by atoms with Gasteiger partial charge in [-0.25, -0.2) is 9.97 Å². The van der Waals surface area contributed by atoms with Crippen LogP contribution in [0, 0.1) is 0 Å². The van der Waals surface area contributed by atoms with Crippen molar-refractivity contribution in [2.45, 2.75) is 64.8 Å². The molecule has 0 spiro atoms. The van der Waals surface area contributed by atoms with E-state index in [4.69, 9.17) is 0 Å². The topological polar surface area (TPSA) is 58.1 Å². The van der Waals surface area contributed by atoms with Gasteiger partial charge in [0.05, 0.1) is 5.56 Å². The predicted octanol–water partition coefficient (Wildman–Crippen LogP) is 3.48. The first-order valence-corrected chi connectivity index (χ1v) is 8.63. The van der Waals surface area contributed by atoms with Crippen LogP contribution in [0.15, 0.2) is 12.4 Å². The van der Waals surface area contributed by atoms with Gasteiger partial charge in [-0.3, -0.25) is 4.79 Å². The number of hydrogen-bond donors (Lipinski definition) is 1. The SMILES string of the molecule is CCCCCNc1ncc(C(=O)N2CCCCC2CC)cn1. The van der Waals surface area contributed by atoms with Crippen molar-refractivity contribution in [1.29, 1.82) is 0 Å². The van der Waals surface area contributed by atoms with Crippen LogP contribution in [0.25, 0.3) is 0 Å². The van der Waals surface area contributed by atoms with Crippen LogP contribution >= 0.6 is 0 Å². The van der Waals surface area contributed by atoms with E-state index in [1.807, 2.05) is 4.90 Å². The minimum Gasteiger partial charge on any atom is -0.354 e.